The molecule has 8 nitrogen and oxygen atoms in total. The van der Waals surface area contributed by atoms with Crippen LogP contribution in [-0.4, -0.2) is 46.3 Å². The second kappa shape index (κ2) is 6.67. The van der Waals surface area contributed by atoms with Crippen LogP contribution in [0.1, 0.15) is 22.5 Å². The topological polar surface area (TPSA) is 98.4 Å². The lowest BCUT2D eigenvalue weighted by molar-refractivity contribution is 0.0949. The van der Waals surface area contributed by atoms with E-state index in [1.54, 1.807) is 30.6 Å². The molecule has 1 N–H and O–H groups in total. The van der Waals surface area contributed by atoms with Crippen LogP contribution >= 0.6 is 0 Å². The lowest BCUT2D eigenvalue weighted by Gasteiger charge is -2.04. The van der Waals surface area contributed by atoms with Crippen molar-refractivity contribution in [2.75, 3.05) is 12.8 Å². The number of imidazole rings is 1. The van der Waals surface area contributed by atoms with Crippen LogP contribution in [0.15, 0.2) is 41.9 Å². The van der Waals surface area contributed by atoms with Gasteiger partial charge in [0, 0.05) is 31.7 Å². The number of carbonyl (C=O) groups is 1. The molecule has 0 aliphatic carbocycles. The van der Waals surface area contributed by atoms with Gasteiger partial charge in [-0.25, -0.2) is 13.4 Å². The Morgan fingerprint density at radius 1 is 1.32 bits per heavy atom. The fourth-order valence-electron chi connectivity index (χ4n) is 2.55. The Bertz CT molecular complexity index is 1020. The Morgan fingerprint density at radius 3 is 2.80 bits per heavy atom. The van der Waals surface area contributed by atoms with Crippen molar-refractivity contribution in [2.45, 2.75) is 25.0 Å². The molecule has 0 spiro atoms. The highest BCUT2D eigenvalue weighted by molar-refractivity contribution is 7.90. The summed E-state index contributed by atoms with van der Waals surface area (Å²) >= 11 is 0. The molecule has 0 bridgehead atoms. The van der Waals surface area contributed by atoms with E-state index < -0.39 is 15.7 Å². The lowest BCUT2D eigenvalue weighted by Crippen LogP contribution is -2.26. The van der Waals surface area contributed by atoms with Crippen molar-refractivity contribution >= 4 is 21.3 Å². The summed E-state index contributed by atoms with van der Waals surface area (Å²) in [6.07, 6.45) is 7.07. The Hall–Kier alpha value is -2.68. The van der Waals surface area contributed by atoms with Gasteiger partial charge < -0.3 is 5.32 Å². The number of rotatable bonds is 6. The number of hydrogen-bond donors (Lipinski definition) is 1. The summed E-state index contributed by atoms with van der Waals surface area (Å²) in [6, 6.07) is 5.10. The maximum atomic E-state index is 12.4. The van der Waals surface area contributed by atoms with Crippen LogP contribution in [0.5, 0.6) is 0 Å². The molecule has 132 valence electrons. The van der Waals surface area contributed by atoms with Gasteiger partial charge in [0.25, 0.3) is 5.91 Å². The molecular formula is C16H19N5O3S. The first-order chi connectivity index (χ1) is 11.9. The molecule has 0 aliphatic heterocycles. The largest absolute Gasteiger partial charge is 0.351 e. The van der Waals surface area contributed by atoms with Gasteiger partial charge in [-0.15, -0.1) is 0 Å². The predicted octanol–water partition coefficient (Wildman–Crippen LogP) is 1.06. The van der Waals surface area contributed by atoms with E-state index in [-0.39, 0.29) is 10.9 Å². The first-order valence-corrected chi connectivity index (χ1v) is 9.70. The Kier molecular flexibility index (Phi) is 4.58. The van der Waals surface area contributed by atoms with Gasteiger partial charge in [-0.05, 0) is 31.0 Å². The van der Waals surface area contributed by atoms with Gasteiger partial charge in [0.05, 0.1) is 11.7 Å². The van der Waals surface area contributed by atoms with E-state index in [9.17, 15) is 13.2 Å². The van der Waals surface area contributed by atoms with E-state index in [0.717, 1.165) is 11.8 Å². The third-order valence-corrected chi connectivity index (χ3v) is 4.63. The number of aromatic nitrogens is 4. The normalized spacial score (nSPS) is 11.8. The van der Waals surface area contributed by atoms with Crippen LogP contribution in [-0.2, 0) is 16.4 Å². The first kappa shape index (κ1) is 17.2. The molecule has 3 aromatic heterocycles. The Balaban J connectivity index is 1.72. The molecule has 0 fully saturated rings. The third kappa shape index (κ3) is 3.71. The molecule has 0 atom stereocenters. The molecule has 0 saturated heterocycles. The minimum absolute atomic E-state index is 0.107. The average Bonchev–Trinajstić information content (AvgIpc) is 3.14. The van der Waals surface area contributed by atoms with Crippen molar-refractivity contribution in [2.24, 2.45) is 0 Å². The minimum Gasteiger partial charge on any atom is -0.351 e. The zero-order chi connectivity index (χ0) is 18.0. The molecule has 1 amide bonds. The summed E-state index contributed by atoms with van der Waals surface area (Å²) in [5.41, 5.74) is 1.65. The third-order valence-electron chi connectivity index (χ3n) is 3.67. The summed E-state index contributed by atoms with van der Waals surface area (Å²) < 4.78 is 27.0. The van der Waals surface area contributed by atoms with Gasteiger partial charge in [-0.2, -0.15) is 5.10 Å². The Morgan fingerprint density at radius 2 is 2.12 bits per heavy atom. The van der Waals surface area contributed by atoms with E-state index in [1.165, 1.54) is 4.40 Å². The minimum atomic E-state index is -3.54. The highest BCUT2D eigenvalue weighted by atomic mass is 32.2. The Labute approximate surface area is 145 Å². The number of nitrogens with one attached hydrogen (secondary N) is 1. The fraction of sp³-hybridized carbons (Fsp3) is 0.312. The van der Waals surface area contributed by atoms with Crippen LogP contribution in [0.25, 0.3) is 5.52 Å². The molecule has 0 aromatic carbocycles. The van der Waals surface area contributed by atoms with Crippen molar-refractivity contribution in [3.05, 3.63) is 48.0 Å². The SMILES string of the molecule is Cc1cnn(CCCNC(=O)c2nc(S(C)(=O)=O)n3ccccc23)c1. The molecule has 0 unspecified atom stereocenters. The number of fused-ring (bicyclic) bond motifs is 1. The maximum Gasteiger partial charge on any atom is 0.272 e. The molecule has 0 radical (unpaired) electrons. The second-order valence-electron chi connectivity index (χ2n) is 5.86. The predicted molar refractivity (Wildman–Crippen MR) is 92.2 cm³/mol. The van der Waals surface area contributed by atoms with Crippen LogP contribution in [0.2, 0.25) is 0 Å². The number of carbonyl (C=O) groups excluding carboxylic acids is 1. The molecule has 3 rings (SSSR count). The molecular weight excluding hydrogens is 342 g/mol. The zero-order valence-electron chi connectivity index (χ0n) is 14.0. The maximum absolute atomic E-state index is 12.4. The number of sulfone groups is 1. The standard InChI is InChI=1S/C16H19N5O3S/c1-12-10-18-20(11-12)8-5-7-17-15(22)14-13-6-3-4-9-21(13)16(19-14)25(2,23)24/h3-4,6,9-11H,5,7-8H2,1-2H3,(H,17,22). The molecule has 3 aromatic rings. The van der Waals surface area contributed by atoms with Crippen molar-refractivity contribution < 1.29 is 13.2 Å². The quantitative estimate of drug-likeness (QED) is 0.662. The van der Waals surface area contributed by atoms with Gasteiger partial charge >= 0.3 is 0 Å². The fourth-order valence-corrected chi connectivity index (χ4v) is 3.33. The summed E-state index contributed by atoms with van der Waals surface area (Å²) in [4.78, 5) is 16.5. The second-order valence-corrected chi connectivity index (χ2v) is 7.77. The number of nitrogens with zero attached hydrogens (tertiary/aromatic N) is 4. The number of amides is 1. The average molecular weight is 361 g/mol. The van der Waals surface area contributed by atoms with Crippen LogP contribution in [0.4, 0.5) is 0 Å². The van der Waals surface area contributed by atoms with E-state index in [2.05, 4.69) is 15.4 Å². The summed E-state index contributed by atoms with van der Waals surface area (Å²) in [6.45, 7) is 3.10. The van der Waals surface area contributed by atoms with Gasteiger partial charge in [0.2, 0.25) is 15.0 Å². The highest BCUT2D eigenvalue weighted by Gasteiger charge is 2.22. The van der Waals surface area contributed by atoms with Crippen molar-refractivity contribution in [3.63, 3.8) is 0 Å². The number of pyridine rings is 1. The molecule has 3 heterocycles. The summed E-state index contributed by atoms with van der Waals surface area (Å²) in [5, 5.41) is 6.83. The lowest BCUT2D eigenvalue weighted by atomic mass is 10.3. The van der Waals surface area contributed by atoms with Crippen LogP contribution in [0, 0.1) is 6.92 Å². The monoisotopic (exact) mass is 361 g/mol. The summed E-state index contributed by atoms with van der Waals surface area (Å²) in [5.74, 6) is -0.393. The highest BCUT2D eigenvalue weighted by Crippen LogP contribution is 2.16. The number of hydrogen-bond acceptors (Lipinski definition) is 5. The van der Waals surface area contributed by atoms with Crippen molar-refractivity contribution in [1.82, 2.24) is 24.5 Å². The van der Waals surface area contributed by atoms with Gasteiger partial charge in [-0.3, -0.25) is 13.9 Å². The van der Waals surface area contributed by atoms with E-state index in [1.807, 2.05) is 17.8 Å². The molecule has 25 heavy (non-hydrogen) atoms. The van der Waals surface area contributed by atoms with Gasteiger partial charge in [0.1, 0.15) is 0 Å². The van der Waals surface area contributed by atoms with Gasteiger partial charge in [-0.1, -0.05) is 6.07 Å². The van der Waals surface area contributed by atoms with Crippen LogP contribution in [0.3, 0.4) is 0 Å². The molecule has 0 aliphatic rings. The molecule has 9 heteroatoms. The van der Waals surface area contributed by atoms with Crippen LogP contribution < -0.4 is 5.32 Å². The smallest absolute Gasteiger partial charge is 0.272 e. The van der Waals surface area contributed by atoms with Gasteiger partial charge in [0.15, 0.2) is 5.69 Å². The number of aryl methyl sites for hydroxylation is 2. The first-order valence-electron chi connectivity index (χ1n) is 7.80. The van der Waals surface area contributed by atoms with E-state index in [0.29, 0.717) is 25.0 Å². The van der Waals surface area contributed by atoms with Crippen molar-refractivity contribution in [1.29, 1.82) is 0 Å². The zero-order valence-corrected chi connectivity index (χ0v) is 14.8. The summed E-state index contributed by atoms with van der Waals surface area (Å²) in [7, 11) is -3.54. The van der Waals surface area contributed by atoms with Crippen molar-refractivity contribution in [3.8, 4) is 0 Å². The van der Waals surface area contributed by atoms with E-state index >= 15 is 0 Å². The molecule has 0 saturated carbocycles. The van der Waals surface area contributed by atoms with E-state index in [4.69, 9.17) is 0 Å².